The Balaban J connectivity index is 1.48. The van der Waals surface area contributed by atoms with Crippen molar-refractivity contribution in [1.82, 2.24) is 24.8 Å². The van der Waals surface area contributed by atoms with E-state index in [1.807, 2.05) is 13.1 Å². The average Bonchev–Trinajstić information content (AvgIpc) is 3.49. The normalized spacial score (nSPS) is 16.0. The number of alkyl halides is 3. The highest BCUT2D eigenvalue weighted by Crippen LogP contribution is 2.35. The molecule has 192 valence electrons. The zero-order valence-electron chi connectivity index (χ0n) is 19.9. The number of carbonyl (C=O) groups excluding carboxylic acids is 1. The first-order valence-corrected chi connectivity index (χ1v) is 11.4. The molecule has 1 amide bonds. The Kier molecular flexibility index (Phi) is 6.18. The standard InChI is InChI=1S/C25H22F4N6O2/c1-15-11-30-34(12-15)21-8-6-16(10-23(21)37-2)19-13-35(32-31-19)22-9-7-17-18(26)4-3-5-20(17)33(24(22)36)14-25(27,28)29/h3-6,8,10-13,22H,7,9,14H2,1-2H3. The largest absolute Gasteiger partial charge is 0.494 e. The SMILES string of the molecule is COc1cc(-c2cn(C3CCc4c(F)cccc4N(CC(F)(F)F)C3=O)nn2)ccc1-n1cc(C)cn1. The van der Waals surface area contributed by atoms with Crippen molar-refractivity contribution in [2.75, 3.05) is 18.6 Å². The van der Waals surface area contributed by atoms with E-state index in [4.69, 9.17) is 4.74 Å². The van der Waals surface area contributed by atoms with Crippen LogP contribution >= 0.6 is 0 Å². The molecule has 0 spiro atoms. The molecule has 0 bridgehead atoms. The fourth-order valence-electron chi connectivity index (χ4n) is 4.47. The summed E-state index contributed by atoms with van der Waals surface area (Å²) in [6.07, 6.45) is 0.507. The minimum absolute atomic E-state index is 0.0603. The molecule has 12 heteroatoms. The summed E-state index contributed by atoms with van der Waals surface area (Å²) in [7, 11) is 1.52. The number of fused-ring (bicyclic) bond motifs is 1. The molecule has 1 unspecified atom stereocenters. The molecule has 0 saturated carbocycles. The molecule has 0 fully saturated rings. The molecule has 37 heavy (non-hydrogen) atoms. The zero-order chi connectivity index (χ0) is 26.3. The molecule has 1 aliphatic heterocycles. The van der Waals surface area contributed by atoms with Gasteiger partial charge in [0.05, 0.1) is 25.2 Å². The molecule has 8 nitrogen and oxygen atoms in total. The van der Waals surface area contributed by atoms with Crippen LogP contribution in [0, 0.1) is 12.7 Å². The summed E-state index contributed by atoms with van der Waals surface area (Å²) in [5, 5.41) is 12.5. The maximum atomic E-state index is 14.5. The van der Waals surface area contributed by atoms with Crippen molar-refractivity contribution in [1.29, 1.82) is 0 Å². The Morgan fingerprint density at radius 3 is 2.65 bits per heavy atom. The third-order valence-corrected chi connectivity index (χ3v) is 6.20. The number of halogens is 4. The van der Waals surface area contributed by atoms with Gasteiger partial charge in [-0.25, -0.2) is 13.8 Å². The van der Waals surface area contributed by atoms with Gasteiger partial charge in [0.1, 0.15) is 35.5 Å². The van der Waals surface area contributed by atoms with Crippen LogP contribution in [0.4, 0.5) is 23.2 Å². The van der Waals surface area contributed by atoms with E-state index >= 15 is 0 Å². The third-order valence-electron chi connectivity index (χ3n) is 6.20. The molecule has 5 rings (SSSR count). The number of rotatable bonds is 5. The van der Waals surface area contributed by atoms with Gasteiger partial charge in [-0.05, 0) is 49.6 Å². The summed E-state index contributed by atoms with van der Waals surface area (Å²) in [5.41, 5.74) is 2.68. The molecule has 1 atom stereocenters. The third kappa shape index (κ3) is 4.78. The Morgan fingerprint density at radius 2 is 1.95 bits per heavy atom. The number of methoxy groups -OCH3 is 1. The van der Waals surface area contributed by atoms with Gasteiger partial charge in [0, 0.05) is 17.3 Å². The van der Waals surface area contributed by atoms with E-state index < -0.39 is 30.5 Å². The fraction of sp³-hybridized carbons (Fsp3) is 0.280. The van der Waals surface area contributed by atoms with Crippen LogP contribution in [0.1, 0.15) is 23.6 Å². The molecule has 3 heterocycles. The van der Waals surface area contributed by atoms with Gasteiger partial charge in [0.2, 0.25) is 0 Å². The highest BCUT2D eigenvalue weighted by molar-refractivity contribution is 5.97. The fourth-order valence-corrected chi connectivity index (χ4v) is 4.47. The molecule has 4 aromatic rings. The topological polar surface area (TPSA) is 78.1 Å². The highest BCUT2D eigenvalue weighted by atomic mass is 19.4. The van der Waals surface area contributed by atoms with Crippen molar-refractivity contribution in [3.63, 3.8) is 0 Å². The van der Waals surface area contributed by atoms with Crippen molar-refractivity contribution in [2.45, 2.75) is 32.0 Å². The smallest absolute Gasteiger partial charge is 0.406 e. The lowest BCUT2D eigenvalue weighted by Gasteiger charge is -2.26. The van der Waals surface area contributed by atoms with Gasteiger partial charge >= 0.3 is 6.18 Å². The van der Waals surface area contributed by atoms with E-state index in [2.05, 4.69) is 15.4 Å². The molecule has 0 saturated heterocycles. The second-order valence-electron chi connectivity index (χ2n) is 8.76. The number of nitrogens with zero attached hydrogens (tertiary/aromatic N) is 6. The van der Waals surface area contributed by atoms with Crippen LogP contribution in [0.5, 0.6) is 5.75 Å². The molecular formula is C25H22F4N6O2. The van der Waals surface area contributed by atoms with E-state index in [9.17, 15) is 22.4 Å². The zero-order valence-corrected chi connectivity index (χ0v) is 19.9. The first-order chi connectivity index (χ1) is 17.6. The van der Waals surface area contributed by atoms with Crippen LogP contribution in [0.3, 0.4) is 0 Å². The number of hydrogen-bond donors (Lipinski definition) is 0. The second kappa shape index (κ2) is 9.34. The molecular weight excluding hydrogens is 492 g/mol. The van der Waals surface area contributed by atoms with Gasteiger partial charge in [0.25, 0.3) is 5.91 Å². The van der Waals surface area contributed by atoms with Crippen molar-refractivity contribution >= 4 is 11.6 Å². The monoisotopic (exact) mass is 514 g/mol. The van der Waals surface area contributed by atoms with Gasteiger partial charge in [-0.3, -0.25) is 4.79 Å². The van der Waals surface area contributed by atoms with Crippen LogP contribution in [-0.2, 0) is 11.2 Å². The number of aryl methyl sites for hydroxylation is 1. The molecule has 0 aliphatic carbocycles. The van der Waals surface area contributed by atoms with Crippen LogP contribution < -0.4 is 9.64 Å². The quantitative estimate of drug-likeness (QED) is 0.362. The van der Waals surface area contributed by atoms with E-state index in [1.165, 1.54) is 36.2 Å². The van der Waals surface area contributed by atoms with E-state index in [1.54, 1.807) is 29.1 Å². The minimum atomic E-state index is -4.67. The van der Waals surface area contributed by atoms with Crippen LogP contribution in [0.2, 0.25) is 0 Å². The van der Waals surface area contributed by atoms with E-state index in [-0.39, 0.29) is 24.1 Å². The lowest BCUT2D eigenvalue weighted by atomic mass is 10.1. The van der Waals surface area contributed by atoms with Crippen LogP contribution in [-0.4, -0.2) is 50.5 Å². The Labute approximate surface area is 209 Å². The summed E-state index contributed by atoms with van der Waals surface area (Å²) in [5.74, 6) is -0.972. The summed E-state index contributed by atoms with van der Waals surface area (Å²) in [4.78, 5) is 13.9. The number of carbonyl (C=O) groups is 1. The number of benzene rings is 2. The molecule has 0 N–H and O–H groups in total. The van der Waals surface area contributed by atoms with Crippen molar-refractivity contribution in [3.8, 4) is 22.7 Å². The first-order valence-electron chi connectivity index (χ1n) is 11.4. The van der Waals surface area contributed by atoms with Crippen LogP contribution in [0.15, 0.2) is 55.0 Å². The number of ether oxygens (including phenoxy) is 1. The predicted molar refractivity (Wildman–Crippen MR) is 126 cm³/mol. The molecule has 0 radical (unpaired) electrons. The average molecular weight is 514 g/mol. The van der Waals surface area contributed by atoms with Crippen LogP contribution in [0.25, 0.3) is 16.9 Å². The van der Waals surface area contributed by atoms with Crippen molar-refractivity contribution in [2.24, 2.45) is 0 Å². The lowest BCUT2D eigenvalue weighted by Crippen LogP contribution is -2.42. The first kappa shape index (κ1) is 24.5. The number of amides is 1. The number of hydrogen-bond acceptors (Lipinski definition) is 5. The van der Waals surface area contributed by atoms with Gasteiger partial charge in [0.15, 0.2) is 0 Å². The van der Waals surface area contributed by atoms with Gasteiger partial charge in [-0.1, -0.05) is 17.3 Å². The molecule has 2 aromatic heterocycles. The Hall–Kier alpha value is -4.22. The highest BCUT2D eigenvalue weighted by Gasteiger charge is 2.40. The minimum Gasteiger partial charge on any atom is -0.494 e. The van der Waals surface area contributed by atoms with E-state index in [0.29, 0.717) is 27.6 Å². The summed E-state index contributed by atoms with van der Waals surface area (Å²) < 4.78 is 63.1. The molecule has 1 aliphatic rings. The number of anilines is 1. The maximum Gasteiger partial charge on any atom is 0.406 e. The Morgan fingerprint density at radius 1 is 1.14 bits per heavy atom. The van der Waals surface area contributed by atoms with Gasteiger partial charge in [-0.2, -0.15) is 18.3 Å². The molecule has 2 aromatic carbocycles. The maximum absolute atomic E-state index is 14.5. The van der Waals surface area contributed by atoms with Crippen molar-refractivity contribution in [3.05, 3.63) is 71.9 Å². The summed E-state index contributed by atoms with van der Waals surface area (Å²) in [6.45, 7) is 0.381. The summed E-state index contributed by atoms with van der Waals surface area (Å²) >= 11 is 0. The van der Waals surface area contributed by atoms with Gasteiger partial charge in [-0.15, -0.1) is 5.10 Å². The van der Waals surface area contributed by atoms with Crippen molar-refractivity contribution < 1.29 is 27.1 Å². The summed E-state index contributed by atoms with van der Waals surface area (Å²) in [6, 6.07) is 8.00. The van der Waals surface area contributed by atoms with E-state index in [0.717, 1.165) is 5.56 Å². The lowest BCUT2D eigenvalue weighted by molar-refractivity contribution is -0.134. The predicted octanol–water partition coefficient (Wildman–Crippen LogP) is 4.67. The Bertz CT molecular complexity index is 1460. The van der Waals surface area contributed by atoms with Gasteiger partial charge < -0.3 is 9.64 Å². The number of aromatic nitrogens is 5. The second-order valence-corrected chi connectivity index (χ2v) is 8.76.